The number of urea groups is 1. The van der Waals surface area contributed by atoms with Gasteiger partial charge in [0.2, 0.25) is 13.2 Å². The van der Waals surface area contributed by atoms with Gasteiger partial charge in [0.05, 0.1) is 11.4 Å². The van der Waals surface area contributed by atoms with E-state index in [1.165, 1.54) is 0 Å². The van der Waals surface area contributed by atoms with Crippen molar-refractivity contribution in [3.63, 3.8) is 0 Å². The van der Waals surface area contributed by atoms with E-state index in [0.29, 0.717) is 29.3 Å². The number of imide groups is 1. The molecule has 0 atom stereocenters. The number of benzene rings is 2. The van der Waals surface area contributed by atoms with E-state index >= 15 is 0 Å². The predicted molar refractivity (Wildman–Crippen MR) is 99.8 cm³/mol. The van der Waals surface area contributed by atoms with Crippen molar-refractivity contribution in [2.75, 3.05) is 17.0 Å². The third-order valence-electron chi connectivity index (χ3n) is 4.03. The molecule has 1 aliphatic rings. The summed E-state index contributed by atoms with van der Waals surface area (Å²) in [5.74, 6) is 1.07. The van der Waals surface area contributed by atoms with Crippen LogP contribution in [0.5, 0.6) is 11.5 Å². The van der Waals surface area contributed by atoms with E-state index in [1.807, 2.05) is 30.3 Å². The van der Waals surface area contributed by atoms with Gasteiger partial charge in [0.25, 0.3) is 0 Å². The van der Waals surface area contributed by atoms with E-state index < -0.39 is 6.03 Å². The number of carbonyl (C=O) groups excluding carboxylic acids is 2. The number of fused-ring (bicyclic) bond motifs is 1. The Labute approximate surface area is 155 Å². The Kier molecular flexibility index (Phi) is 4.40. The first-order valence-corrected chi connectivity index (χ1v) is 8.21. The molecule has 1 aromatic heterocycles. The zero-order chi connectivity index (χ0) is 18.6. The number of carbonyl (C=O) groups is 2. The molecule has 0 saturated heterocycles. The summed E-state index contributed by atoms with van der Waals surface area (Å²) >= 11 is 0. The summed E-state index contributed by atoms with van der Waals surface area (Å²) in [6.45, 7) is 0.117. The summed E-state index contributed by atoms with van der Waals surface area (Å²) in [5, 5.41) is 2.73. The van der Waals surface area contributed by atoms with Crippen molar-refractivity contribution in [3.8, 4) is 22.8 Å². The van der Waals surface area contributed by atoms with Gasteiger partial charge in [-0.2, -0.15) is 0 Å². The van der Waals surface area contributed by atoms with Crippen LogP contribution in [0, 0.1) is 0 Å². The molecule has 4 rings (SSSR count). The van der Waals surface area contributed by atoms with Gasteiger partial charge in [-0.25, -0.2) is 9.69 Å². The van der Waals surface area contributed by atoms with Crippen LogP contribution >= 0.6 is 0 Å². The van der Waals surface area contributed by atoms with Gasteiger partial charge in [-0.15, -0.1) is 0 Å². The molecular formula is C20H15N3O4. The molecule has 2 aromatic carbocycles. The SMILES string of the molecule is O=CN(C(=O)Nc1cccc(-c2ccccn2)c1)c1ccc2c(c1)OCO2. The second-order valence-corrected chi connectivity index (χ2v) is 5.74. The lowest BCUT2D eigenvalue weighted by atomic mass is 10.1. The summed E-state index contributed by atoms with van der Waals surface area (Å²) in [6, 6.07) is 17.1. The highest BCUT2D eigenvalue weighted by Gasteiger charge is 2.20. The number of hydrogen-bond donors (Lipinski definition) is 1. The fourth-order valence-electron chi connectivity index (χ4n) is 2.73. The average Bonchev–Trinajstić information content (AvgIpc) is 3.17. The maximum Gasteiger partial charge on any atom is 0.332 e. The quantitative estimate of drug-likeness (QED) is 0.717. The molecule has 3 amide bonds. The lowest BCUT2D eigenvalue weighted by Gasteiger charge is -2.17. The second-order valence-electron chi connectivity index (χ2n) is 5.74. The number of ether oxygens (including phenoxy) is 2. The number of nitrogens with one attached hydrogen (secondary N) is 1. The number of pyridine rings is 1. The minimum absolute atomic E-state index is 0.117. The molecule has 1 N–H and O–H groups in total. The monoisotopic (exact) mass is 361 g/mol. The van der Waals surface area contributed by atoms with Crippen LogP contribution in [0.2, 0.25) is 0 Å². The van der Waals surface area contributed by atoms with Crippen LogP contribution in [0.3, 0.4) is 0 Å². The minimum Gasteiger partial charge on any atom is -0.454 e. The van der Waals surface area contributed by atoms with E-state index in [-0.39, 0.29) is 6.79 Å². The van der Waals surface area contributed by atoms with Crippen LogP contribution in [0.4, 0.5) is 16.2 Å². The van der Waals surface area contributed by atoms with Gasteiger partial charge in [-0.05, 0) is 36.4 Å². The Morgan fingerprint density at radius 1 is 1.04 bits per heavy atom. The number of hydrogen-bond acceptors (Lipinski definition) is 5. The van der Waals surface area contributed by atoms with Crippen molar-refractivity contribution in [1.29, 1.82) is 0 Å². The molecule has 27 heavy (non-hydrogen) atoms. The summed E-state index contributed by atoms with van der Waals surface area (Å²) < 4.78 is 10.5. The third kappa shape index (κ3) is 3.43. The second kappa shape index (κ2) is 7.17. The minimum atomic E-state index is -0.581. The first kappa shape index (κ1) is 16.6. The zero-order valence-electron chi connectivity index (χ0n) is 14.2. The first-order chi connectivity index (χ1) is 13.2. The van der Waals surface area contributed by atoms with E-state index in [9.17, 15) is 9.59 Å². The molecule has 2 heterocycles. The number of rotatable bonds is 4. The number of amides is 3. The maximum atomic E-state index is 12.6. The molecule has 0 radical (unpaired) electrons. The lowest BCUT2D eigenvalue weighted by molar-refractivity contribution is -0.106. The van der Waals surface area contributed by atoms with Crippen molar-refractivity contribution in [1.82, 2.24) is 4.98 Å². The van der Waals surface area contributed by atoms with Crippen LogP contribution in [-0.4, -0.2) is 24.2 Å². The van der Waals surface area contributed by atoms with Gasteiger partial charge < -0.3 is 14.8 Å². The van der Waals surface area contributed by atoms with Crippen molar-refractivity contribution in [2.45, 2.75) is 0 Å². The molecule has 0 fully saturated rings. The third-order valence-corrected chi connectivity index (χ3v) is 4.03. The molecule has 0 bridgehead atoms. The molecule has 0 spiro atoms. The lowest BCUT2D eigenvalue weighted by Crippen LogP contribution is -2.33. The Morgan fingerprint density at radius 2 is 1.93 bits per heavy atom. The predicted octanol–water partition coefficient (Wildman–Crippen LogP) is 3.67. The first-order valence-electron chi connectivity index (χ1n) is 8.21. The highest BCUT2D eigenvalue weighted by molar-refractivity contribution is 6.12. The number of aromatic nitrogens is 1. The molecule has 134 valence electrons. The number of anilines is 2. The standard InChI is InChI=1S/C20H15N3O4/c24-12-23(16-7-8-18-19(11-16)27-13-26-18)20(25)22-15-5-3-4-14(10-15)17-6-1-2-9-21-17/h1-12H,13H2,(H,22,25). The van der Waals surface area contributed by atoms with Gasteiger partial charge >= 0.3 is 6.03 Å². The fraction of sp³-hybridized carbons (Fsp3) is 0.0500. The molecule has 7 heteroatoms. The Morgan fingerprint density at radius 3 is 2.74 bits per heavy atom. The largest absolute Gasteiger partial charge is 0.454 e. The summed E-state index contributed by atoms with van der Waals surface area (Å²) in [5.41, 5.74) is 2.58. The number of nitrogens with zero attached hydrogens (tertiary/aromatic N) is 2. The summed E-state index contributed by atoms with van der Waals surface area (Å²) in [6.07, 6.45) is 2.16. The van der Waals surface area contributed by atoms with Gasteiger partial charge in [0.15, 0.2) is 11.5 Å². The zero-order valence-corrected chi connectivity index (χ0v) is 14.2. The van der Waals surface area contributed by atoms with Crippen LogP contribution < -0.4 is 19.7 Å². The van der Waals surface area contributed by atoms with Gasteiger partial charge in [-0.1, -0.05) is 18.2 Å². The van der Waals surface area contributed by atoms with E-state index in [1.54, 1.807) is 36.5 Å². The molecule has 1 aliphatic heterocycles. The summed E-state index contributed by atoms with van der Waals surface area (Å²) in [7, 11) is 0. The van der Waals surface area contributed by atoms with Crippen LogP contribution in [0.1, 0.15) is 0 Å². The highest BCUT2D eigenvalue weighted by Crippen LogP contribution is 2.35. The molecule has 0 saturated carbocycles. The van der Waals surface area contributed by atoms with Gasteiger partial charge in [0.1, 0.15) is 0 Å². The molecule has 7 nitrogen and oxygen atoms in total. The smallest absolute Gasteiger partial charge is 0.332 e. The van der Waals surface area contributed by atoms with Crippen LogP contribution in [0.25, 0.3) is 11.3 Å². The Balaban J connectivity index is 1.55. The van der Waals surface area contributed by atoms with Crippen molar-refractivity contribution in [2.24, 2.45) is 0 Å². The maximum absolute atomic E-state index is 12.6. The molecule has 3 aromatic rings. The molecule has 0 unspecified atom stereocenters. The van der Waals surface area contributed by atoms with Gasteiger partial charge in [-0.3, -0.25) is 9.78 Å². The fourth-order valence-corrected chi connectivity index (χ4v) is 2.73. The van der Waals surface area contributed by atoms with Crippen molar-refractivity contribution in [3.05, 3.63) is 66.9 Å². The van der Waals surface area contributed by atoms with E-state index in [0.717, 1.165) is 16.2 Å². The molecule has 0 aliphatic carbocycles. The Bertz CT molecular complexity index is 992. The average molecular weight is 361 g/mol. The highest BCUT2D eigenvalue weighted by atomic mass is 16.7. The topological polar surface area (TPSA) is 80.8 Å². The normalized spacial score (nSPS) is 11.7. The molecular weight excluding hydrogens is 346 g/mol. The summed E-state index contributed by atoms with van der Waals surface area (Å²) in [4.78, 5) is 29.4. The van der Waals surface area contributed by atoms with E-state index in [2.05, 4.69) is 10.3 Å². The van der Waals surface area contributed by atoms with Crippen molar-refractivity contribution >= 4 is 23.8 Å². The van der Waals surface area contributed by atoms with Crippen LogP contribution in [0.15, 0.2) is 66.9 Å². The van der Waals surface area contributed by atoms with Crippen LogP contribution in [-0.2, 0) is 4.79 Å². The van der Waals surface area contributed by atoms with E-state index in [4.69, 9.17) is 9.47 Å². The van der Waals surface area contributed by atoms with Crippen molar-refractivity contribution < 1.29 is 19.1 Å². The van der Waals surface area contributed by atoms with Gasteiger partial charge in [0, 0.05) is 23.5 Å². The Hall–Kier alpha value is -3.87.